The van der Waals surface area contributed by atoms with Crippen LogP contribution in [0.15, 0.2) is 29.2 Å². The molecule has 0 spiro atoms. The number of rotatable bonds is 3. The molecule has 0 amide bonds. The van der Waals surface area contributed by atoms with Crippen molar-refractivity contribution >= 4 is 9.84 Å². The van der Waals surface area contributed by atoms with Crippen LogP contribution in [0.3, 0.4) is 0 Å². The van der Waals surface area contributed by atoms with Gasteiger partial charge < -0.3 is 9.47 Å². The zero-order valence-corrected chi connectivity index (χ0v) is 10.6. The van der Waals surface area contributed by atoms with Gasteiger partial charge >= 0.3 is 0 Å². The quantitative estimate of drug-likeness (QED) is 0.811. The molecule has 0 aromatic heterocycles. The van der Waals surface area contributed by atoms with Crippen LogP contribution in [-0.4, -0.2) is 40.6 Å². The Kier molecular flexibility index (Phi) is 3.81. The lowest BCUT2D eigenvalue weighted by molar-refractivity contribution is -0.0872. The fourth-order valence-electron chi connectivity index (χ4n) is 1.79. The van der Waals surface area contributed by atoms with Crippen molar-refractivity contribution in [3.05, 3.63) is 29.8 Å². The van der Waals surface area contributed by atoms with Crippen molar-refractivity contribution in [2.75, 3.05) is 26.1 Å². The van der Waals surface area contributed by atoms with E-state index in [0.717, 1.165) is 12.0 Å². The Labute approximate surface area is 101 Å². The molecule has 1 heterocycles. The largest absolute Gasteiger partial charge is 0.376 e. The van der Waals surface area contributed by atoms with Crippen LogP contribution in [0.2, 0.25) is 0 Å². The molecule has 1 atom stereocenters. The molecule has 0 N–H and O–H groups in total. The Hall–Kier alpha value is -0.910. The first kappa shape index (κ1) is 12.5. The summed E-state index contributed by atoms with van der Waals surface area (Å²) in [5.41, 5.74) is 1.06. The molecule has 0 unspecified atom stereocenters. The molecule has 0 radical (unpaired) electrons. The summed E-state index contributed by atoms with van der Waals surface area (Å²) in [5, 5.41) is 0. The third-order valence-electron chi connectivity index (χ3n) is 2.70. The monoisotopic (exact) mass is 256 g/mol. The van der Waals surface area contributed by atoms with Crippen LogP contribution >= 0.6 is 0 Å². The molecule has 0 saturated carbocycles. The Balaban J connectivity index is 2.03. The minimum atomic E-state index is -3.11. The smallest absolute Gasteiger partial charge is 0.175 e. The van der Waals surface area contributed by atoms with E-state index < -0.39 is 9.84 Å². The van der Waals surface area contributed by atoms with Crippen LogP contribution in [-0.2, 0) is 25.7 Å². The van der Waals surface area contributed by atoms with E-state index in [1.807, 2.05) is 12.1 Å². The van der Waals surface area contributed by atoms with Gasteiger partial charge in [-0.05, 0) is 17.7 Å². The van der Waals surface area contributed by atoms with E-state index in [9.17, 15) is 8.42 Å². The molecular weight excluding hydrogens is 240 g/mol. The van der Waals surface area contributed by atoms with Crippen LogP contribution in [0.1, 0.15) is 5.56 Å². The van der Waals surface area contributed by atoms with Gasteiger partial charge in [0.05, 0.1) is 30.8 Å². The van der Waals surface area contributed by atoms with E-state index in [-0.39, 0.29) is 6.10 Å². The Bertz CT molecular complexity index is 458. The summed E-state index contributed by atoms with van der Waals surface area (Å²) >= 11 is 0. The van der Waals surface area contributed by atoms with Gasteiger partial charge in [-0.15, -0.1) is 0 Å². The SMILES string of the molecule is CS(=O)(=O)c1ccc(C[C@@H]2COCCO2)cc1. The van der Waals surface area contributed by atoms with E-state index in [1.165, 1.54) is 6.26 Å². The molecule has 5 heteroatoms. The third-order valence-corrected chi connectivity index (χ3v) is 3.83. The molecule has 1 fully saturated rings. The maximum absolute atomic E-state index is 11.3. The minimum absolute atomic E-state index is 0.0767. The van der Waals surface area contributed by atoms with Crippen molar-refractivity contribution in [1.29, 1.82) is 0 Å². The second-order valence-electron chi connectivity index (χ2n) is 4.19. The van der Waals surface area contributed by atoms with Gasteiger partial charge in [-0.3, -0.25) is 0 Å². The summed E-state index contributed by atoms with van der Waals surface area (Å²) in [6.07, 6.45) is 2.04. The molecule has 1 aliphatic rings. The average molecular weight is 256 g/mol. The molecule has 2 rings (SSSR count). The van der Waals surface area contributed by atoms with Gasteiger partial charge in [0.25, 0.3) is 0 Å². The molecule has 1 aromatic carbocycles. The fourth-order valence-corrected chi connectivity index (χ4v) is 2.42. The van der Waals surface area contributed by atoms with E-state index in [0.29, 0.717) is 24.7 Å². The van der Waals surface area contributed by atoms with Crippen LogP contribution in [0, 0.1) is 0 Å². The maximum atomic E-state index is 11.3. The zero-order valence-electron chi connectivity index (χ0n) is 9.76. The van der Waals surface area contributed by atoms with Gasteiger partial charge in [-0.25, -0.2) is 8.42 Å². The zero-order chi connectivity index (χ0) is 12.3. The molecular formula is C12H16O4S. The highest BCUT2D eigenvalue weighted by molar-refractivity contribution is 7.90. The third kappa shape index (κ3) is 3.52. The summed E-state index contributed by atoms with van der Waals surface area (Å²) in [6, 6.07) is 6.92. The van der Waals surface area contributed by atoms with E-state index in [4.69, 9.17) is 9.47 Å². The lowest BCUT2D eigenvalue weighted by Crippen LogP contribution is -2.30. The topological polar surface area (TPSA) is 52.6 Å². The second-order valence-corrected chi connectivity index (χ2v) is 6.20. The molecule has 1 aliphatic heterocycles. The predicted molar refractivity (Wildman–Crippen MR) is 63.8 cm³/mol. The lowest BCUT2D eigenvalue weighted by Gasteiger charge is -2.22. The van der Waals surface area contributed by atoms with Crippen LogP contribution < -0.4 is 0 Å². The van der Waals surface area contributed by atoms with Crippen molar-refractivity contribution in [2.45, 2.75) is 17.4 Å². The van der Waals surface area contributed by atoms with Crippen molar-refractivity contribution < 1.29 is 17.9 Å². The molecule has 4 nitrogen and oxygen atoms in total. The summed E-state index contributed by atoms with van der Waals surface area (Å²) in [7, 11) is -3.11. The molecule has 1 aromatic rings. The maximum Gasteiger partial charge on any atom is 0.175 e. The molecule has 94 valence electrons. The summed E-state index contributed by atoms with van der Waals surface area (Å²) in [5.74, 6) is 0. The molecule has 17 heavy (non-hydrogen) atoms. The molecule has 0 bridgehead atoms. The number of benzene rings is 1. The van der Waals surface area contributed by atoms with E-state index >= 15 is 0 Å². The fraction of sp³-hybridized carbons (Fsp3) is 0.500. The standard InChI is InChI=1S/C12H16O4S/c1-17(13,14)12-4-2-10(3-5-12)8-11-9-15-6-7-16-11/h2-5,11H,6-9H2,1H3/t11-/m1/s1. The Morgan fingerprint density at radius 3 is 2.47 bits per heavy atom. The summed E-state index contributed by atoms with van der Waals surface area (Å²) in [6.45, 7) is 1.89. The van der Waals surface area contributed by atoms with E-state index in [1.54, 1.807) is 12.1 Å². The van der Waals surface area contributed by atoms with Gasteiger partial charge in [0.2, 0.25) is 0 Å². The normalized spacial score (nSPS) is 21.4. The number of hydrogen-bond acceptors (Lipinski definition) is 4. The summed E-state index contributed by atoms with van der Waals surface area (Å²) < 4.78 is 33.4. The van der Waals surface area contributed by atoms with Crippen LogP contribution in [0.25, 0.3) is 0 Å². The predicted octanol–water partition coefficient (Wildman–Crippen LogP) is 1.05. The number of sulfone groups is 1. The molecule has 0 aliphatic carbocycles. The van der Waals surface area contributed by atoms with Crippen molar-refractivity contribution in [2.24, 2.45) is 0 Å². The van der Waals surface area contributed by atoms with Gasteiger partial charge in [0, 0.05) is 12.7 Å². The van der Waals surface area contributed by atoms with Gasteiger partial charge in [-0.1, -0.05) is 12.1 Å². The van der Waals surface area contributed by atoms with Crippen molar-refractivity contribution in [1.82, 2.24) is 0 Å². The molecule has 1 saturated heterocycles. The average Bonchev–Trinajstić information content (AvgIpc) is 2.30. The summed E-state index contributed by atoms with van der Waals surface area (Å²) in [4.78, 5) is 0.349. The highest BCUT2D eigenvalue weighted by Crippen LogP contribution is 2.14. The lowest BCUT2D eigenvalue weighted by atomic mass is 10.1. The van der Waals surface area contributed by atoms with Crippen LogP contribution in [0.5, 0.6) is 0 Å². The first-order valence-electron chi connectivity index (χ1n) is 5.54. The number of hydrogen-bond donors (Lipinski definition) is 0. The highest BCUT2D eigenvalue weighted by Gasteiger charge is 2.15. The van der Waals surface area contributed by atoms with Crippen LogP contribution in [0.4, 0.5) is 0 Å². The van der Waals surface area contributed by atoms with Gasteiger partial charge in [0.1, 0.15) is 0 Å². The van der Waals surface area contributed by atoms with Gasteiger partial charge in [0.15, 0.2) is 9.84 Å². The minimum Gasteiger partial charge on any atom is -0.376 e. The second kappa shape index (κ2) is 5.16. The van der Waals surface area contributed by atoms with Gasteiger partial charge in [-0.2, -0.15) is 0 Å². The number of ether oxygens (including phenoxy) is 2. The first-order chi connectivity index (χ1) is 8.05. The first-order valence-corrected chi connectivity index (χ1v) is 7.43. The van der Waals surface area contributed by atoms with Crippen molar-refractivity contribution in [3.63, 3.8) is 0 Å². The van der Waals surface area contributed by atoms with E-state index in [2.05, 4.69) is 0 Å². The Morgan fingerprint density at radius 2 is 1.94 bits per heavy atom. The highest BCUT2D eigenvalue weighted by atomic mass is 32.2. The van der Waals surface area contributed by atoms with Crippen molar-refractivity contribution in [3.8, 4) is 0 Å². The Morgan fingerprint density at radius 1 is 1.24 bits per heavy atom.